The highest BCUT2D eigenvalue weighted by molar-refractivity contribution is 5.68. The van der Waals surface area contributed by atoms with Crippen LogP contribution in [0.2, 0.25) is 0 Å². The number of nitrogens with one attached hydrogen (secondary N) is 2. The molecule has 36 heavy (non-hydrogen) atoms. The van der Waals surface area contributed by atoms with E-state index < -0.39 is 0 Å². The molecule has 2 unspecified atom stereocenters. The lowest BCUT2D eigenvalue weighted by Crippen LogP contribution is -2.54. The number of benzene rings is 2. The lowest BCUT2D eigenvalue weighted by atomic mass is 10.0. The fourth-order valence-electron chi connectivity index (χ4n) is 5.37. The number of nitrogens with two attached hydrogens (primary N) is 1. The van der Waals surface area contributed by atoms with Crippen molar-refractivity contribution < 1.29 is 0 Å². The highest BCUT2D eigenvalue weighted by Gasteiger charge is 2.22. The summed E-state index contributed by atoms with van der Waals surface area (Å²) in [6.07, 6.45) is 3.04. The number of aryl methyl sites for hydroxylation is 2. The third-order valence-corrected chi connectivity index (χ3v) is 6.91. The maximum Gasteiger partial charge on any atom is 0.241 e. The van der Waals surface area contributed by atoms with E-state index in [1.807, 2.05) is 0 Å². The molecule has 0 saturated carbocycles. The Kier molecular flexibility index (Phi) is 5.77. The van der Waals surface area contributed by atoms with Gasteiger partial charge in [0.2, 0.25) is 11.9 Å². The molecule has 3 heterocycles. The number of piperazine rings is 1. The van der Waals surface area contributed by atoms with Gasteiger partial charge in [-0.05, 0) is 74.6 Å². The molecule has 4 N–H and O–H groups in total. The smallest absolute Gasteiger partial charge is 0.241 e. The van der Waals surface area contributed by atoms with Crippen LogP contribution in [-0.4, -0.2) is 50.1 Å². The normalized spacial score (nSPS) is 19.3. The predicted molar refractivity (Wildman–Crippen MR) is 143 cm³/mol. The van der Waals surface area contributed by atoms with Gasteiger partial charge in [0.1, 0.15) is 0 Å². The quantitative estimate of drug-likeness (QED) is 0.405. The number of aromatic nitrogens is 5. The Labute approximate surface area is 210 Å². The van der Waals surface area contributed by atoms with Crippen LogP contribution in [0.4, 0.5) is 23.3 Å². The fourth-order valence-corrected chi connectivity index (χ4v) is 5.37. The van der Waals surface area contributed by atoms with Crippen LogP contribution in [0.1, 0.15) is 31.4 Å². The summed E-state index contributed by atoms with van der Waals surface area (Å²) >= 11 is 0. The van der Waals surface area contributed by atoms with Gasteiger partial charge in [0.05, 0.1) is 5.69 Å². The molecule has 1 saturated heterocycles. The largest absolute Gasteiger partial charge is 0.368 e. The van der Waals surface area contributed by atoms with Crippen molar-refractivity contribution in [3.05, 3.63) is 65.7 Å². The Morgan fingerprint density at radius 3 is 2.50 bits per heavy atom. The molecule has 0 spiro atoms. The molecule has 9 heteroatoms. The van der Waals surface area contributed by atoms with Gasteiger partial charge in [-0.1, -0.05) is 24.3 Å². The van der Waals surface area contributed by atoms with E-state index in [1.165, 1.54) is 11.3 Å². The second-order valence-corrected chi connectivity index (χ2v) is 9.84. The SMILES string of the molecule is CC1CN(c2ccc(Nc3nc(N)nn3-c3cc4c(nn3)-c3ccccc3CCC4)cc2)CC(C)N1. The third kappa shape index (κ3) is 4.37. The number of fused-ring (bicyclic) bond motifs is 3. The Morgan fingerprint density at radius 2 is 1.69 bits per heavy atom. The van der Waals surface area contributed by atoms with Crippen LogP contribution in [0.3, 0.4) is 0 Å². The topological polar surface area (TPSA) is 110 Å². The molecule has 9 nitrogen and oxygen atoms in total. The average molecular weight is 482 g/mol. The number of rotatable bonds is 4. The zero-order valence-corrected chi connectivity index (χ0v) is 20.6. The zero-order chi connectivity index (χ0) is 24.6. The Hall–Kier alpha value is -3.98. The first-order chi connectivity index (χ1) is 17.5. The molecule has 2 aromatic heterocycles. The standard InChI is InChI=1S/C27H31N9/c1-17-15-35(16-18(2)29-17)22-12-10-21(11-13-22)30-27-31-26(28)34-36(27)24-14-20-8-5-7-19-6-3-4-9-23(19)25(20)33-32-24/h3-4,6,9-14,17-18,29H,5,7-8,15-16H2,1-2H3,(H3,28,30,31,34). The van der Waals surface area contributed by atoms with E-state index in [0.717, 1.165) is 54.9 Å². The van der Waals surface area contributed by atoms with Crippen LogP contribution in [0.5, 0.6) is 0 Å². The average Bonchev–Trinajstić information content (AvgIpc) is 3.13. The number of nitrogens with zero attached hydrogens (tertiary/aromatic N) is 6. The van der Waals surface area contributed by atoms with Crippen molar-refractivity contribution in [2.24, 2.45) is 0 Å². The van der Waals surface area contributed by atoms with Gasteiger partial charge >= 0.3 is 0 Å². The second-order valence-electron chi connectivity index (χ2n) is 9.84. The van der Waals surface area contributed by atoms with Gasteiger partial charge in [0.25, 0.3) is 0 Å². The van der Waals surface area contributed by atoms with E-state index in [0.29, 0.717) is 23.8 Å². The summed E-state index contributed by atoms with van der Waals surface area (Å²) in [6, 6.07) is 19.8. The number of nitrogen functional groups attached to an aromatic ring is 1. The second kappa shape index (κ2) is 9.23. The van der Waals surface area contributed by atoms with E-state index >= 15 is 0 Å². The fraction of sp³-hybridized carbons (Fsp3) is 0.333. The maximum atomic E-state index is 6.00. The molecule has 1 fully saturated rings. The number of hydrogen-bond acceptors (Lipinski definition) is 8. The minimum absolute atomic E-state index is 0.181. The highest BCUT2D eigenvalue weighted by Crippen LogP contribution is 2.31. The van der Waals surface area contributed by atoms with Crippen LogP contribution in [0, 0.1) is 0 Å². The molecule has 4 aromatic rings. The molecule has 1 aliphatic carbocycles. The van der Waals surface area contributed by atoms with Crippen molar-refractivity contribution in [1.29, 1.82) is 0 Å². The van der Waals surface area contributed by atoms with Crippen LogP contribution >= 0.6 is 0 Å². The van der Waals surface area contributed by atoms with E-state index in [9.17, 15) is 0 Å². The van der Waals surface area contributed by atoms with Gasteiger partial charge in [-0.15, -0.1) is 15.3 Å². The summed E-state index contributed by atoms with van der Waals surface area (Å²) in [5.41, 5.74) is 12.7. The molecular formula is C27H31N9. The van der Waals surface area contributed by atoms with Crippen molar-refractivity contribution in [1.82, 2.24) is 30.3 Å². The molecule has 2 aliphatic rings. The molecule has 2 atom stereocenters. The number of anilines is 4. The van der Waals surface area contributed by atoms with E-state index in [-0.39, 0.29) is 5.95 Å². The van der Waals surface area contributed by atoms with Crippen LogP contribution < -0.4 is 21.3 Å². The summed E-state index contributed by atoms with van der Waals surface area (Å²) in [5.74, 6) is 1.29. The van der Waals surface area contributed by atoms with Crippen LogP contribution in [0.15, 0.2) is 54.6 Å². The third-order valence-electron chi connectivity index (χ3n) is 6.91. The molecule has 0 radical (unpaired) electrons. The Morgan fingerprint density at radius 1 is 0.944 bits per heavy atom. The first kappa shape index (κ1) is 22.5. The molecule has 184 valence electrons. The van der Waals surface area contributed by atoms with Crippen LogP contribution in [0.25, 0.3) is 17.1 Å². The highest BCUT2D eigenvalue weighted by atomic mass is 15.5. The van der Waals surface area contributed by atoms with Gasteiger partial charge in [-0.3, -0.25) is 0 Å². The summed E-state index contributed by atoms with van der Waals surface area (Å²) in [5, 5.41) is 20.5. The lowest BCUT2D eigenvalue weighted by molar-refractivity contribution is 0.407. The Balaban J connectivity index is 1.26. The predicted octanol–water partition coefficient (Wildman–Crippen LogP) is 3.73. The van der Waals surface area contributed by atoms with Gasteiger partial charge in [-0.25, -0.2) is 0 Å². The van der Waals surface area contributed by atoms with E-state index in [4.69, 9.17) is 5.73 Å². The molecule has 2 aromatic carbocycles. The van der Waals surface area contributed by atoms with Gasteiger partial charge < -0.3 is 21.3 Å². The van der Waals surface area contributed by atoms with Crippen molar-refractivity contribution in [3.8, 4) is 17.1 Å². The van der Waals surface area contributed by atoms with Crippen LogP contribution in [-0.2, 0) is 12.8 Å². The minimum Gasteiger partial charge on any atom is -0.368 e. The van der Waals surface area contributed by atoms with Crippen molar-refractivity contribution in [2.45, 2.75) is 45.2 Å². The monoisotopic (exact) mass is 481 g/mol. The molecule has 6 rings (SSSR count). The Bertz CT molecular complexity index is 1370. The maximum absolute atomic E-state index is 6.00. The minimum atomic E-state index is 0.181. The summed E-state index contributed by atoms with van der Waals surface area (Å²) in [7, 11) is 0. The van der Waals surface area contributed by atoms with Crippen molar-refractivity contribution >= 4 is 23.3 Å². The summed E-state index contributed by atoms with van der Waals surface area (Å²) in [6.45, 7) is 6.42. The molecular weight excluding hydrogens is 450 g/mol. The van der Waals surface area contributed by atoms with Gasteiger partial charge in [0, 0.05) is 42.1 Å². The van der Waals surface area contributed by atoms with Crippen molar-refractivity contribution in [3.63, 3.8) is 0 Å². The van der Waals surface area contributed by atoms with E-state index in [2.05, 4.69) is 104 Å². The summed E-state index contributed by atoms with van der Waals surface area (Å²) in [4.78, 5) is 6.83. The first-order valence-electron chi connectivity index (χ1n) is 12.6. The van der Waals surface area contributed by atoms with Gasteiger partial charge in [0.15, 0.2) is 5.82 Å². The molecule has 0 bridgehead atoms. The zero-order valence-electron chi connectivity index (χ0n) is 20.6. The van der Waals surface area contributed by atoms with Crippen molar-refractivity contribution in [2.75, 3.05) is 29.0 Å². The lowest BCUT2D eigenvalue weighted by Gasteiger charge is -2.37. The van der Waals surface area contributed by atoms with E-state index in [1.54, 1.807) is 4.68 Å². The van der Waals surface area contributed by atoms with Gasteiger partial charge in [-0.2, -0.15) is 9.67 Å². The summed E-state index contributed by atoms with van der Waals surface area (Å²) < 4.78 is 1.63. The molecule has 0 amide bonds. The first-order valence-corrected chi connectivity index (χ1v) is 12.6. The molecule has 1 aliphatic heterocycles. The number of hydrogen-bond donors (Lipinski definition) is 3.